The first kappa shape index (κ1) is 13.3. The van der Waals surface area contributed by atoms with E-state index in [0.717, 1.165) is 12.8 Å². The van der Waals surface area contributed by atoms with Crippen molar-refractivity contribution in [1.29, 1.82) is 0 Å². The summed E-state index contributed by atoms with van der Waals surface area (Å²) in [7, 11) is 3.04. The quantitative estimate of drug-likeness (QED) is 0.786. The molecule has 0 unspecified atom stereocenters. The third-order valence-electron chi connectivity index (χ3n) is 3.16. The van der Waals surface area contributed by atoms with Gasteiger partial charge in [-0.3, -0.25) is 9.36 Å². The van der Waals surface area contributed by atoms with E-state index >= 15 is 0 Å². The molecule has 1 saturated carbocycles. The zero-order chi connectivity index (χ0) is 14.5. The lowest BCUT2D eigenvalue weighted by molar-refractivity contribution is 0.579. The van der Waals surface area contributed by atoms with Crippen LogP contribution in [0.25, 0.3) is 11.4 Å². The zero-order valence-electron chi connectivity index (χ0n) is 10.5. The number of aryl methyl sites for hydroxylation is 1. The van der Waals surface area contributed by atoms with E-state index in [1.54, 1.807) is 19.3 Å². The Hall–Kier alpha value is -1.67. The Kier molecular flexibility index (Phi) is 2.94. The molecule has 1 fully saturated rings. The first-order valence-corrected chi connectivity index (χ1v) is 8.25. The monoisotopic (exact) mass is 314 g/mol. The van der Waals surface area contributed by atoms with Gasteiger partial charge in [0.1, 0.15) is 0 Å². The summed E-state index contributed by atoms with van der Waals surface area (Å²) >= 11 is 0. The normalized spacial score (nSPS) is 15.5. The Morgan fingerprint density at radius 2 is 2.05 bits per heavy atom. The molecule has 20 heavy (non-hydrogen) atoms. The summed E-state index contributed by atoms with van der Waals surface area (Å²) in [5, 5.41) is 7.28. The highest BCUT2D eigenvalue weighted by Gasteiger charge is 2.34. The van der Waals surface area contributed by atoms with Crippen molar-refractivity contribution in [3.63, 3.8) is 0 Å². The number of pyridine rings is 1. The summed E-state index contributed by atoms with van der Waals surface area (Å²) < 4.78 is 26.0. The smallest absolute Gasteiger partial charge is 0.296 e. The van der Waals surface area contributed by atoms with Gasteiger partial charge in [-0.05, 0) is 18.9 Å². The van der Waals surface area contributed by atoms with Crippen molar-refractivity contribution < 1.29 is 8.42 Å². The van der Waals surface area contributed by atoms with Crippen molar-refractivity contribution in [2.24, 2.45) is 7.05 Å². The Morgan fingerprint density at radius 1 is 1.35 bits per heavy atom. The molecule has 2 aromatic rings. The van der Waals surface area contributed by atoms with Gasteiger partial charge in [-0.2, -0.15) is 0 Å². The van der Waals surface area contributed by atoms with Crippen LogP contribution in [0.15, 0.2) is 28.3 Å². The maximum atomic E-state index is 11.7. The molecule has 0 radical (unpaired) electrons. The number of hydrogen-bond donors (Lipinski definition) is 0. The fourth-order valence-electron chi connectivity index (χ4n) is 1.99. The number of hydrogen-bond acceptors (Lipinski definition) is 5. The SMILES string of the molecule is Cn1ccc(-c2nnc(S(=O)(=O)Cl)n2C2CC2)cc1=O. The summed E-state index contributed by atoms with van der Waals surface area (Å²) in [5.74, 6) is 0.351. The van der Waals surface area contributed by atoms with Crippen LogP contribution in [0.2, 0.25) is 0 Å². The molecule has 7 nitrogen and oxygen atoms in total. The van der Waals surface area contributed by atoms with Crippen LogP contribution in [0, 0.1) is 0 Å². The molecule has 0 bridgehead atoms. The van der Waals surface area contributed by atoms with Crippen LogP contribution < -0.4 is 5.56 Å². The average Bonchev–Trinajstić information content (AvgIpc) is 3.10. The fraction of sp³-hybridized carbons (Fsp3) is 0.364. The van der Waals surface area contributed by atoms with Crippen LogP contribution in [0.3, 0.4) is 0 Å². The van der Waals surface area contributed by atoms with Crippen LogP contribution in [0.4, 0.5) is 0 Å². The van der Waals surface area contributed by atoms with Gasteiger partial charge in [-0.15, -0.1) is 10.2 Å². The lowest BCUT2D eigenvalue weighted by atomic mass is 10.2. The third kappa shape index (κ3) is 2.25. The van der Waals surface area contributed by atoms with Gasteiger partial charge in [-0.1, -0.05) is 0 Å². The van der Waals surface area contributed by atoms with Gasteiger partial charge < -0.3 is 4.57 Å². The number of rotatable bonds is 3. The molecule has 0 atom stereocenters. The first-order valence-electron chi connectivity index (χ1n) is 5.94. The second-order valence-corrected chi connectivity index (χ2v) is 7.17. The maximum absolute atomic E-state index is 11.7. The second kappa shape index (κ2) is 4.42. The maximum Gasteiger partial charge on any atom is 0.296 e. The van der Waals surface area contributed by atoms with Gasteiger partial charge >= 0.3 is 0 Å². The van der Waals surface area contributed by atoms with E-state index in [0.29, 0.717) is 11.4 Å². The lowest BCUT2D eigenvalue weighted by Crippen LogP contribution is -2.15. The summed E-state index contributed by atoms with van der Waals surface area (Å²) in [6.45, 7) is 0. The number of nitrogens with zero attached hydrogens (tertiary/aromatic N) is 4. The van der Waals surface area contributed by atoms with E-state index in [2.05, 4.69) is 10.2 Å². The molecule has 0 saturated heterocycles. The van der Waals surface area contributed by atoms with Gasteiger partial charge in [0.25, 0.3) is 19.8 Å². The van der Waals surface area contributed by atoms with Crippen LogP contribution in [0.5, 0.6) is 0 Å². The Balaban J connectivity index is 2.22. The molecule has 1 aliphatic carbocycles. The molecule has 0 aliphatic heterocycles. The van der Waals surface area contributed by atoms with Gasteiger partial charge in [0.15, 0.2) is 5.82 Å². The molecule has 0 spiro atoms. The summed E-state index contributed by atoms with van der Waals surface area (Å²) in [5.41, 5.74) is 0.321. The Morgan fingerprint density at radius 3 is 2.60 bits per heavy atom. The molecule has 2 aromatic heterocycles. The summed E-state index contributed by atoms with van der Waals surface area (Å²) in [6.07, 6.45) is 3.28. The topological polar surface area (TPSA) is 86.8 Å². The molecular weight excluding hydrogens is 304 g/mol. The van der Waals surface area contributed by atoms with Crippen molar-refractivity contribution in [2.75, 3.05) is 0 Å². The van der Waals surface area contributed by atoms with Crippen molar-refractivity contribution >= 4 is 19.7 Å². The highest BCUT2D eigenvalue weighted by atomic mass is 35.7. The molecule has 1 aliphatic rings. The van der Waals surface area contributed by atoms with Gasteiger partial charge in [0.2, 0.25) is 0 Å². The minimum atomic E-state index is -3.97. The zero-order valence-corrected chi connectivity index (χ0v) is 12.1. The number of halogens is 1. The highest BCUT2D eigenvalue weighted by molar-refractivity contribution is 8.13. The summed E-state index contributed by atoms with van der Waals surface area (Å²) in [4.78, 5) is 11.7. The predicted molar refractivity (Wildman–Crippen MR) is 72.0 cm³/mol. The minimum Gasteiger partial charge on any atom is -0.319 e. The standard InChI is InChI=1S/C11H11ClN4O3S/c1-15-5-4-7(6-9(15)17)10-13-14-11(20(12,18)19)16(10)8-2-3-8/h4-6,8H,2-3H2,1H3. The molecule has 0 amide bonds. The van der Waals surface area contributed by atoms with E-state index in [9.17, 15) is 13.2 Å². The van der Waals surface area contributed by atoms with E-state index in [1.807, 2.05) is 0 Å². The Bertz CT molecular complexity index is 836. The largest absolute Gasteiger partial charge is 0.319 e. The minimum absolute atomic E-state index is 0.0209. The fourth-order valence-corrected chi connectivity index (χ4v) is 2.91. The van der Waals surface area contributed by atoms with Gasteiger partial charge in [0, 0.05) is 41.6 Å². The van der Waals surface area contributed by atoms with E-state index < -0.39 is 9.05 Å². The average molecular weight is 315 g/mol. The van der Waals surface area contributed by atoms with E-state index in [1.165, 1.54) is 15.2 Å². The van der Waals surface area contributed by atoms with Crippen molar-refractivity contribution in [3.8, 4) is 11.4 Å². The number of aromatic nitrogens is 4. The molecular formula is C11H11ClN4O3S. The lowest BCUT2D eigenvalue weighted by Gasteiger charge is -2.07. The molecule has 3 rings (SSSR count). The van der Waals surface area contributed by atoms with E-state index in [4.69, 9.17) is 10.7 Å². The third-order valence-corrected chi connectivity index (χ3v) is 4.29. The van der Waals surface area contributed by atoms with Crippen molar-refractivity contribution in [1.82, 2.24) is 19.3 Å². The van der Waals surface area contributed by atoms with Crippen LogP contribution in [-0.2, 0) is 16.1 Å². The molecule has 0 aromatic carbocycles. The van der Waals surface area contributed by atoms with Crippen LogP contribution in [-0.4, -0.2) is 27.7 Å². The first-order chi connectivity index (χ1) is 9.38. The van der Waals surface area contributed by atoms with Crippen LogP contribution >= 0.6 is 10.7 Å². The molecule has 0 N–H and O–H groups in total. The van der Waals surface area contributed by atoms with Gasteiger partial charge in [0.05, 0.1) is 0 Å². The molecule has 2 heterocycles. The van der Waals surface area contributed by atoms with E-state index in [-0.39, 0.29) is 16.8 Å². The molecule has 106 valence electrons. The molecule has 9 heteroatoms. The van der Waals surface area contributed by atoms with Crippen molar-refractivity contribution in [2.45, 2.75) is 24.0 Å². The second-order valence-electron chi connectivity index (χ2n) is 4.71. The van der Waals surface area contributed by atoms with Gasteiger partial charge in [-0.25, -0.2) is 8.42 Å². The predicted octanol–water partition coefficient (Wildman–Crippen LogP) is 0.906. The summed E-state index contributed by atoms with van der Waals surface area (Å²) in [6, 6.07) is 3.11. The highest BCUT2D eigenvalue weighted by Crippen LogP contribution is 2.40. The Labute approximate surface area is 119 Å². The van der Waals surface area contributed by atoms with Crippen LogP contribution in [0.1, 0.15) is 18.9 Å². The van der Waals surface area contributed by atoms with Crippen molar-refractivity contribution in [3.05, 3.63) is 28.7 Å².